The molecular formula is C19H21BrN4O2. The zero-order chi connectivity index (χ0) is 19.1. The van der Waals surface area contributed by atoms with Crippen molar-refractivity contribution < 1.29 is 4.79 Å². The normalized spacial score (nSPS) is 17.7. The monoisotopic (exact) mass is 416 g/mol. The van der Waals surface area contributed by atoms with Crippen LogP contribution in [0.2, 0.25) is 0 Å². The maximum Gasteiger partial charge on any atom is 0.300 e. The molecular weight excluding hydrogens is 396 g/mol. The molecule has 1 amide bonds. The Labute approximate surface area is 160 Å². The van der Waals surface area contributed by atoms with Gasteiger partial charge in [-0.2, -0.15) is 0 Å². The summed E-state index contributed by atoms with van der Waals surface area (Å²) < 4.78 is 0.930. The van der Waals surface area contributed by atoms with Crippen LogP contribution in [0.1, 0.15) is 44.9 Å². The highest BCUT2D eigenvalue weighted by atomic mass is 79.9. The van der Waals surface area contributed by atoms with E-state index >= 15 is 0 Å². The number of nitrogens with one attached hydrogen (secondary N) is 1. The molecule has 1 aliphatic heterocycles. The number of amides is 1. The molecule has 2 unspecified atom stereocenters. The zero-order valence-electron chi connectivity index (χ0n) is 15.2. The van der Waals surface area contributed by atoms with Gasteiger partial charge < -0.3 is 5.32 Å². The number of carbonyl (C=O) groups excluding carboxylic acids is 1. The van der Waals surface area contributed by atoms with Gasteiger partial charge in [0.1, 0.15) is 11.7 Å². The van der Waals surface area contributed by atoms with Gasteiger partial charge >= 0.3 is 5.91 Å². The van der Waals surface area contributed by atoms with Gasteiger partial charge in [-0.3, -0.25) is 9.79 Å². The average molecular weight is 417 g/mol. The number of nitrogens with zero attached hydrogens (tertiary/aromatic N) is 3. The van der Waals surface area contributed by atoms with Crippen molar-refractivity contribution in [3.63, 3.8) is 0 Å². The van der Waals surface area contributed by atoms with Crippen LogP contribution in [0.4, 0.5) is 5.82 Å². The Balaban J connectivity index is 2.23. The van der Waals surface area contributed by atoms with Crippen LogP contribution in [0.15, 0.2) is 32.8 Å². The Morgan fingerprint density at radius 2 is 2.08 bits per heavy atom. The van der Waals surface area contributed by atoms with Gasteiger partial charge in [0.15, 0.2) is 0 Å². The number of benzene rings is 1. The Bertz CT molecular complexity index is 918. The third-order valence-corrected chi connectivity index (χ3v) is 5.40. The van der Waals surface area contributed by atoms with Crippen molar-refractivity contribution in [2.45, 2.75) is 46.2 Å². The molecule has 0 radical (unpaired) electrons. The van der Waals surface area contributed by atoms with E-state index in [4.69, 9.17) is 4.98 Å². The molecule has 1 aromatic carbocycles. The molecule has 1 aliphatic rings. The molecule has 0 saturated carbocycles. The molecule has 26 heavy (non-hydrogen) atoms. The zero-order valence-corrected chi connectivity index (χ0v) is 16.8. The van der Waals surface area contributed by atoms with Crippen molar-refractivity contribution in [2.24, 2.45) is 15.6 Å². The first kappa shape index (κ1) is 18.6. The second kappa shape index (κ2) is 6.87. The number of halogens is 1. The smallest absolute Gasteiger partial charge is 0.300 e. The summed E-state index contributed by atoms with van der Waals surface area (Å²) in [5.41, 5.74) is 1.44. The van der Waals surface area contributed by atoms with E-state index in [1.54, 1.807) is 0 Å². The first-order chi connectivity index (χ1) is 12.2. The number of anilines is 1. The first-order valence-corrected chi connectivity index (χ1v) is 9.27. The Morgan fingerprint density at radius 3 is 2.73 bits per heavy atom. The summed E-state index contributed by atoms with van der Waals surface area (Å²) in [6, 6.07) is 6.11. The predicted octanol–water partition coefficient (Wildman–Crippen LogP) is 4.80. The van der Waals surface area contributed by atoms with Gasteiger partial charge in [0, 0.05) is 32.9 Å². The summed E-state index contributed by atoms with van der Waals surface area (Å²) in [7, 11) is 0. The standard InChI is InChI=1S/C19H21BrN4O2/c1-10(19(2,3)4)22-17-12-6-5-11(20)7-13(12)14-8-21-9-15(16(14)23-17)18(25)24-26/h5-7,9-10,15H,8H2,1-4H3,(H,22,23). The molecule has 0 bridgehead atoms. The van der Waals surface area contributed by atoms with Crippen LogP contribution in [0, 0.1) is 10.3 Å². The quantitative estimate of drug-likeness (QED) is 0.727. The SMILES string of the molecule is CC(Nc1nc2c(c3cc(Br)ccc13)CN=CC2C(=O)N=O)C(C)(C)C. The highest BCUT2D eigenvalue weighted by Gasteiger charge is 2.30. The maximum absolute atomic E-state index is 12.0. The second-order valence-corrected chi connectivity index (χ2v) is 8.56. The van der Waals surface area contributed by atoms with E-state index in [9.17, 15) is 9.70 Å². The summed E-state index contributed by atoms with van der Waals surface area (Å²) in [5, 5.41) is 8.00. The topological polar surface area (TPSA) is 83.8 Å². The lowest BCUT2D eigenvalue weighted by Crippen LogP contribution is -2.31. The minimum absolute atomic E-state index is 0.0281. The highest BCUT2D eigenvalue weighted by molar-refractivity contribution is 9.10. The fraction of sp³-hybridized carbons (Fsp3) is 0.421. The summed E-state index contributed by atoms with van der Waals surface area (Å²) in [4.78, 5) is 31.8. The number of aliphatic imine (C=N–C) groups is 1. The lowest BCUT2D eigenvalue weighted by atomic mass is 9.87. The number of aromatic nitrogens is 1. The lowest BCUT2D eigenvalue weighted by molar-refractivity contribution is -0.118. The molecule has 2 atom stereocenters. The van der Waals surface area contributed by atoms with Crippen molar-refractivity contribution >= 4 is 44.6 Å². The molecule has 3 rings (SSSR count). The van der Waals surface area contributed by atoms with Crippen LogP contribution in [0.25, 0.3) is 10.8 Å². The molecule has 136 valence electrons. The van der Waals surface area contributed by atoms with Crippen molar-refractivity contribution in [3.8, 4) is 0 Å². The van der Waals surface area contributed by atoms with Gasteiger partial charge in [-0.25, -0.2) is 4.98 Å². The van der Waals surface area contributed by atoms with E-state index in [0.29, 0.717) is 18.1 Å². The summed E-state index contributed by atoms with van der Waals surface area (Å²) in [6.07, 6.45) is 1.47. The van der Waals surface area contributed by atoms with Crippen molar-refractivity contribution in [1.82, 2.24) is 4.98 Å². The molecule has 0 saturated heterocycles. The van der Waals surface area contributed by atoms with Crippen LogP contribution < -0.4 is 5.32 Å². The fourth-order valence-corrected chi connectivity index (χ4v) is 3.23. The predicted molar refractivity (Wildman–Crippen MR) is 108 cm³/mol. The third kappa shape index (κ3) is 3.40. The van der Waals surface area contributed by atoms with Crippen LogP contribution in [0.3, 0.4) is 0 Å². The van der Waals surface area contributed by atoms with Gasteiger partial charge in [-0.15, -0.1) is 4.91 Å². The van der Waals surface area contributed by atoms with Crippen LogP contribution in [-0.2, 0) is 11.3 Å². The number of fused-ring (bicyclic) bond motifs is 3. The van der Waals surface area contributed by atoms with E-state index in [1.807, 2.05) is 18.2 Å². The highest BCUT2D eigenvalue weighted by Crippen LogP contribution is 2.36. The lowest BCUT2D eigenvalue weighted by Gasteiger charge is -2.30. The minimum Gasteiger partial charge on any atom is -0.367 e. The number of rotatable bonds is 3. The van der Waals surface area contributed by atoms with Crippen LogP contribution >= 0.6 is 15.9 Å². The largest absolute Gasteiger partial charge is 0.367 e. The summed E-state index contributed by atoms with van der Waals surface area (Å²) in [6.45, 7) is 8.97. The molecule has 2 aromatic rings. The minimum atomic E-state index is -0.829. The van der Waals surface area contributed by atoms with Gasteiger partial charge in [0.25, 0.3) is 0 Å². The number of hydrogen-bond donors (Lipinski definition) is 1. The first-order valence-electron chi connectivity index (χ1n) is 8.48. The molecule has 0 aliphatic carbocycles. The van der Waals surface area contributed by atoms with Crippen LogP contribution in [-0.4, -0.2) is 23.1 Å². The number of nitroso groups, excluding NO2 is 1. The van der Waals surface area contributed by atoms with E-state index in [0.717, 1.165) is 20.8 Å². The Hall–Kier alpha value is -2.15. The van der Waals surface area contributed by atoms with Gasteiger partial charge in [-0.05, 0) is 35.9 Å². The van der Waals surface area contributed by atoms with Crippen molar-refractivity contribution in [1.29, 1.82) is 0 Å². The fourth-order valence-electron chi connectivity index (χ4n) is 2.87. The number of pyridine rings is 1. The molecule has 1 N–H and O–H groups in total. The molecule has 7 heteroatoms. The van der Waals surface area contributed by atoms with Crippen LogP contribution in [0.5, 0.6) is 0 Å². The van der Waals surface area contributed by atoms with E-state index in [1.165, 1.54) is 6.21 Å². The van der Waals surface area contributed by atoms with Gasteiger partial charge in [0.2, 0.25) is 0 Å². The molecule has 2 heterocycles. The van der Waals surface area contributed by atoms with Crippen molar-refractivity contribution in [2.75, 3.05) is 5.32 Å². The van der Waals surface area contributed by atoms with Crippen molar-refractivity contribution in [3.05, 3.63) is 38.8 Å². The molecule has 0 spiro atoms. The molecule has 6 nitrogen and oxygen atoms in total. The molecule has 0 fully saturated rings. The van der Waals surface area contributed by atoms with Gasteiger partial charge in [0.05, 0.1) is 12.2 Å². The summed E-state index contributed by atoms with van der Waals surface area (Å²) >= 11 is 3.51. The van der Waals surface area contributed by atoms with E-state index < -0.39 is 11.8 Å². The number of hydrogen-bond acceptors (Lipinski definition) is 5. The number of carbonyl (C=O) groups is 1. The Kier molecular flexibility index (Phi) is 4.92. The maximum atomic E-state index is 12.0. The van der Waals surface area contributed by atoms with Gasteiger partial charge in [-0.1, -0.05) is 36.7 Å². The average Bonchev–Trinajstić information content (AvgIpc) is 2.59. The third-order valence-electron chi connectivity index (χ3n) is 4.91. The Morgan fingerprint density at radius 1 is 1.35 bits per heavy atom. The second-order valence-electron chi connectivity index (χ2n) is 7.64. The van der Waals surface area contributed by atoms with E-state index in [-0.39, 0.29) is 11.5 Å². The molecule has 1 aromatic heterocycles. The van der Waals surface area contributed by atoms with E-state index in [2.05, 4.69) is 59.1 Å². The summed E-state index contributed by atoms with van der Waals surface area (Å²) in [5.74, 6) is -0.899.